The molecule has 30 heavy (non-hydrogen) atoms. The number of amides is 3. The number of carbonyl (C=O) groups excluding carboxylic acids is 3. The van der Waals surface area contributed by atoms with Gasteiger partial charge in [0.2, 0.25) is 17.7 Å². The Kier molecular flexibility index (Phi) is 5.94. The minimum atomic E-state index is -0.340. The number of carbonyl (C=O) groups is 3. The van der Waals surface area contributed by atoms with Crippen molar-refractivity contribution in [1.29, 1.82) is 0 Å². The van der Waals surface area contributed by atoms with Gasteiger partial charge in [0.05, 0.1) is 25.3 Å². The first-order valence-electron chi connectivity index (χ1n) is 10.7. The zero-order valence-electron chi connectivity index (χ0n) is 17.7. The highest BCUT2D eigenvalue weighted by atomic mass is 16.5. The molecule has 1 saturated carbocycles. The average Bonchev–Trinajstić information content (AvgIpc) is 3.46. The number of rotatable bonds is 6. The molecule has 1 atom stereocenters. The molecule has 2 aliphatic heterocycles. The number of anilines is 1. The summed E-state index contributed by atoms with van der Waals surface area (Å²) in [5.74, 6) is 0.348. The maximum absolute atomic E-state index is 13.0. The van der Waals surface area contributed by atoms with E-state index in [-0.39, 0.29) is 30.1 Å². The minimum Gasteiger partial charge on any atom is -0.495 e. The van der Waals surface area contributed by atoms with Crippen molar-refractivity contribution in [1.82, 2.24) is 15.1 Å². The third-order valence-corrected chi connectivity index (χ3v) is 6.09. The molecule has 0 aromatic heterocycles. The van der Waals surface area contributed by atoms with Gasteiger partial charge >= 0.3 is 0 Å². The quantitative estimate of drug-likeness (QED) is 0.744. The number of piperazine rings is 1. The van der Waals surface area contributed by atoms with Gasteiger partial charge in [0.25, 0.3) is 0 Å². The van der Waals surface area contributed by atoms with E-state index >= 15 is 0 Å². The van der Waals surface area contributed by atoms with Crippen molar-refractivity contribution in [2.24, 2.45) is 5.92 Å². The summed E-state index contributed by atoms with van der Waals surface area (Å²) in [6.45, 7) is 5.28. The number of benzene rings is 1. The van der Waals surface area contributed by atoms with Crippen LogP contribution < -0.4 is 15.0 Å². The Morgan fingerprint density at radius 2 is 1.90 bits per heavy atom. The average molecular weight is 415 g/mol. The molecule has 0 spiro atoms. The van der Waals surface area contributed by atoms with Crippen molar-refractivity contribution >= 4 is 23.4 Å². The van der Waals surface area contributed by atoms with E-state index in [9.17, 15) is 14.4 Å². The fourth-order valence-corrected chi connectivity index (χ4v) is 4.21. The molecule has 2 heterocycles. The van der Waals surface area contributed by atoms with Gasteiger partial charge < -0.3 is 19.9 Å². The van der Waals surface area contributed by atoms with Crippen molar-refractivity contribution < 1.29 is 19.1 Å². The molecule has 3 aliphatic rings. The Bertz CT molecular complexity index is 830. The van der Waals surface area contributed by atoms with E-state index in [1.54, 1.807) is 12.0 Å². The molecule has 8 nitrogen and oxygen atoms in total. The topological polar surface area (TPSA) is 82.2 Å². The van der Waals surface area contributed by atoms with Crippen LogP contribution in [0.15, 0.2) is 18.2 Å². The van der Waals surface area contributed by atoms with E-state index in [0.717, 1.165) is 24.1 Å². The molecule has 0 bridgehead atoms. The first kappa shape index (κ1) is 20.7. The second kappa shape index (κ2) is 8.63. The molecule has 1 aliphatic carbocycles. The zero-order valence-corrected chi connectivity index (χ0v) is 17.7. The molecule has 0 radical (unpaired) electrons. The highest BCUT2D eigenvalue weighted by Gasteiger charge is 2.39. The van der Waals surface area contributed by atoms with E-state index in [1.807, 2.05) is 30.0 Å². The molecule has 3 fully saturated rings. The van der Waals surface area contributed by atoms with Crippen LogP contribution in [0.4, 0.5) is 5.69 Å². The second-order valence-corrected chi connectivity index (χ2v) is 8.52. The monoisotopic (exact) mass is 414 g/mol. The van der Waals surface area contributed by atoms with E-state index in [2.05, 4.69) is 10.2 Å². The van der Waals surface area contributed by atoms with E-state index < -0.39 is 0 Å². The highest BCUT2D eigenvalue weighted by Crippen LogP contribution is 2.34. The van der Waals surface area contributed by atoms with Crippen LogP contribution in [0.25, 0.3) is 0 Å². The van der Waals surface area contributed by atoms with Crippen LogP contribution in [0.2, 0.25) is 0 Å². The Labute approximate surface area is 177 Å². The number of ether oxygens (including phenoxy) is 1. The van der Waals surface area contributed by atoms with Gasteiger partial charge in [-0.15, -0.1) is 0 Å². The van der Waals surface area contributed by atoms with E-state index in [0.29, 0.717) is 51.1 Å². The molecule has 1 aromatic carbocycles. The van der Waals surface area contributed by atoms with Crippen molar-refractivity contribution in [3.8, 4) is 5.75 Å². The molecule has 1 aromatic rings. The fourth-order valence-electron chi connectivity index (χ4n) is 4.21. The summed E-state index contributed by atoms with van der Waals surface area (Å²) in [5.41, 5.74) is 1.76. The van der Waals surface area contributed by atoms with Gasteiger partial charge in [0.15, 0.2) is 0 Å². The summed E-state index contributed by atoms with van der Waals surface area (Å²) in [4.78, 5) is 43.3. The number of hydrogen-bond acceptors (Lipinski definition) is 5. The van der Waals surface area contributed by atoms with E-state index in [1.165, 1.54) is 0 Å². The van der Waals surface area contributed by atoms with Crippen LogP contribution in [0, 0.1) is 12.8 Å². The van der Waals surface area contributed by atoms with Crippen LogP contribution in [-0.2, 0) is 14.4 Å². The molecule has 0 unspecified atom stereocenters. The van der Waals surface area contributed by atoms with Crippen molar-refractivity contribution in [3.05, 3.63) is 23.8 Å². The van der Waals surface area contributed by atoms with Gasteiger partial charge in [0, 0.05) is 45.2 Å². The van der Waals surface area contributed by atoms with Gasteiger partial charge in [-0.3, -0.25) is 19.3 Å². The number of methoxy groups -OCH3 is 1. The Hall–Kier alpha value is -2.61. The summed E-state index contributed by atoms with van der Waals surface area (Å²) < 4.78 is 5.42. The standard InChI is InChI=1S/C22H30N4O4/c1-15-3-6-19(30-2)18(11-15)26-13-16(12-21(26)28)22(29)25-9-7-24(8-10-25)14-20(27)23-17-4-5-17/h3,6,11,16-17H,4-5,7-10,12-14H2,1-2H3,(H,23,27)/t16-/m1/s1. The lowest BCUT2D eigenvalue weighted by atomic mass is 10.1. The van der Waals surface area contributed by atoms with Gasteiger partial charge in [-0.05, 0) is 37.5 Å². The zero-order chi connectivity index (χ0) is 21.3. The van der Waals surface area contributed by atoms with Gasteiger partial charge in [-0.2, -0.15) is 0 Å². The molecule has 2 saturated heterocycles. The first-order valence-corrected chi connectivity index (χ1v) is 10.7. The largest absolute Gasteiger partial charge is 0.495 e. The first-order chi connectivity index (χ1) is 14.4. The number of nitrogens with one attached hydrogen (secondary N) is 1. The van der Waals surface area contributed by atoms with Crippen LogP contribution >= 0.6 is 0 Å². The van der Waals surface area contributed by atoms with Crippen molar-refractivity contribution in [2.75, 3.05) is 51.3 Å². The van der Waals surface area contributed by atoms with Crippen LogP contribution in [0.1, 0.15) is 24.8 Å². The fraction of sp³-hybridized carbons (Fsp3) is 0.591. The molecular formula is C22H30N4O4. The third kappa shape index (κ3) is 4.59. The van der Waals surface area contributed by atoms with Crippen molar-refractivity contribution in [2.45, 2.75) is 32.2 Å². The number of nitrogens with zero attached hydrogens (tertiary/aromatic N) is 3. The summed E-state index contributed by atoms with van der Waals surface area (Å²) in [7, 11) is 1.59. The molecule has 4 rings (SSSR count). The van der Waals surface area contributed by atoms with Gasteiger partial charge in [-0.1, -0.05) is 6.07 Å². The predicted octanol–water partition coefficient (Wildman–Crippen LogP) is 0.779. The SMILES string of the molecule is COc1ccc(C)cc1N1C[C@H](C(=O)N2CCN(CC(=O)NC3CC3)CC2)CC1=O. The van der Waals surface area contributed by atoms with Gasteiger partial charge in [-0.25, -0.2) is 0 Å². The molecule has 1 N–H and O–H groups in total. The van der Waals surface area contributed by atoms with Crippen LogP contribution in [0.5, 0.6) is 5.75 Å². The number of aryl methyl sites for hydroxylation is 1. The third-order valence-electron chi connectivity index (χ3n) is 6.09. The summed E-state index contributed by atoms with van der Waals surface area (Å²) >= 11 is 0. The second-order valence-electron chi connectivity index (χ2n) is 8.52. The smallest absolute Gasteiger partial charge is 0.234 e. The van der Waals surface area contributed by atoms with Gasteiger partial charge in [0.1, 0.15) is 5.75 Å². The molecule has 3 amide bonds. The highest BCUT2D eigenvalue weighted by molar-refractivity contribution is 6.01. The van der Waals surface area contributed by atoms with E-state index in [4.69, 9.17) is 4.74 Å². The molecule has 8 heteroatoms. The lowest BCUT2D eigenvalue weighted by Crippen LogP contribution is -2.52. The van der Waals surface area contributed by atoms with Crippen LogP contribution in [-0.4, -0.2) is 79.9 Å². The lowest BCUT2D eigenvalue weighted by Gasteiger charge is -2.35. The number of hydrogen-bond donors (Lipinski definition) is 1. The minimum absolute atomic E-state index is 0.0274. The maximum atomic E-state index is 13.0. The normalized spacial score (nSPS) is 22.3. The Morgan fingerprint density at radius 3 is 2.57 bits per heavy atom. The Morgan fingerprint density at radius 1 is 1.17 bits per heavy atom. The maximum Gasteiger partial charge on any atom is 0.234 e. The predicted molar refractivity (Wildman–Crippen MR) is 112 cm³/mol. The van der Waals surface area contributed by atoms with Crippen LogP contribution in [0.3, 0.4) is 0 Å². The summed E-state index contributed by atoms with van der Waals surface area (Å²) in [6, 6.07) is 6.09. The van der Waals surface area contributed by atoms with Crippen molar-refractivity contribution in [3.63, 3.8) is 0 Å². The lowest BCUT2D eigenvalue weighted by molar-refractivity contribution is -0.137. The summed E-state index contributed by atoms with van der Waals surface area (Å²) in [5, 5.41) is 3.00. The Balaban J connectivity index is 1.32. The molecule has 162 valence electrons. The summed E-state index contributed by atoms with van der Waals surface area (Å²) in [6.07, 6.45) is 2.39. The molecular weight excluding hydrogens is 384 g/mol.